The molecule has 1 amide bonds. The Hall–Kier alpha value is -3.38. The lowest BCUT2D eigenvalue weighted by Crippen LogP contribution is -2.30. The minimum Gasteiger partial charge on any atom is -0.454 e. The zero-order valence-electron chi connectivity index (χ0n) is 16.1. The Kier molecular flexibility index (Phi) is 6.37. The van der Waals surface area contributed by atoms with Gasteiger partial charge in [-0.15, -0.1) is 12.6 Å². The summed E-state index contributed by atoms with van der Waals surface area (Å²) in [5.74, 6) is -1.24. The number of nitrogens with one attached hydrogen (secondary N) is 1. The first-order valence-electron chi connectivity index (χ1n) is 8.82. The van der Waals surface area contributed by atoms with Gasteiger partial charge in [-0.2, -0.15) is 5.26 Å². The van der Waals surface area contributed by atoms with Crippen LogP contribution in [0.4, 0.5) is 8.78 Å². The minimum absolute atomic E-state index is 0.0265. The van der Waals surface area contributed by atoms with E-state index in [0.29, 0.717) is 33.2 Å². The second-order valence-corrected chi connectivity index (χ2v) is 6.88. The Morgan fingerprint density at radius 3 is 2.80 bits per heavy atom. The molecule has 2 aliphatic rings. The highest BCUT2D eigenvalue weighted by molar-refractivity contribution is 7.90. The van der Waals surface area contributed by atoms with Gasteiger partial charge in [0.2, 0.25) is 6.79 Å². The Morgan fingerprint density at radius 1 is 1.30 bits per heavy atom. The normalized spacial score (nSPS) is 16.5. The second kappa shape index (κ2) is 8.97. The lowest BCUT2D eigenvalue weighted by Gasteiger charge is -2.10. The van der Waals surface area contributed by atoms with E-state index in [1.54, 1.807) is 19.1 Å². The number of nitriles is 1. The second-order valence-electron chi connectivity index (χ2n) is 6.43. The number of carbonyl (C=O) groups is 1. The molecule has 1 N–H and O–H groups in total. The van der Waals surface area contributed by atoms with E-state index in [1.807, 2.05) is 6.07 Å². The molecule has 1 aromatic rings. The highest BCUT2D eigenvalue weighted by Crippen LogP contribution is 2.39. The summed E-state index contributed by atoms with van der Waals surface area (Å²) in [6, 6.07) is 5.31. The number of nitrogens with zero attached hydrogens (tertiary/aromatic N) is 2. The SMILES string of the molecule is CC(=N/C(C)=C(\S)c1cc(C#N)c2c(c1)OCO2)NC(=O)C1=C(F)C=CC=C(F)C1. The van der Waals surface area contributed by atoms with Gasteiger partial charge in [0, 0.05) is 11.3 Å². The fourth-order valence-corrected chi connectivity index (χ4v) is 3.03. The number of halogens is 2. The number of rotatable bonds is 3. The standard InChI is InChI=1S/C21H17F2N3O3S/c1-11(20(30)13-6-14(9-24)19-18(7-13)28-10-29-19)25-12(2)26-21(27)16-8-15(22)4-3-5-17(16)23/h3-7,30H,8,10H2,1-2H3,(H,25,26,27)/b20-11-. The molecule has 6 nitrogen and oxygen atoms in total. The van der Waals surface area contributed by atoms with Crippen molar-refractivity contribution in [2.45, 2.75) is 20.3 Å². The number of benzene rings is 1. The number of fused-ring (bicyclic) bond motifs is 1. The third kappa shape index (κ3) is 4.60. The highest BCUT2D eigenvalue weighted by Gasteiger charge is 2.21. The minimum atomic E-state index is -0.809. The zero-order valence-corrected chi connectivity index (χ0v) is 17.0. The number of hydrogen-bond acceptors (Lipinski definition) is 6. The van der Waals surface area contributed by atoms with Crippen LogP contribution in [0.25, 0.3) is 4.91 Å². The van der Waals surface area contributed by atoms with Crippen molar-refractivity contribution >= 4 is 29.3 Å². The van der Waals surface area contributed by atoms with Gasteiger partial charge in [-0.05, 0) is 43.7 Å². The molecule has 0 spiro atoms. The molecule has 0 fully saturated rings. The number of thiol groups is 1. The van der Waals surface area contributed by atoms with Crippen LogP contribution >= 0.6 is 12.6 Å². The maximum Gasteiger partial charge on any atom is 0.255 e. The average molecular weight is 429 g/mol. The summed E-state index contributed by atoms with van der Waals surface area (Å²) >= 11 is 4.47. The average Bonchev–Trinajstić information content (AvgIpc) is 3.11. The van der Waals surface area contributed by atoms with E-state index < -0.39 is 24.0 Å². The van der Waals surface area contributed by atoms with Crippen LogP contribution in [-0.4, -0.2) is 18.5 Å². The molecule has 154 valence electrons. The highest BCUT2D eigenvalue weighted by atomic mass is 32.1. The van der Waals surface area contributed by atoms with Gasteiger partial charge >= 0.3 is 0 Å². The molecule has 0 saturated carbocycles. The predicted molar refractivity (Wildman–Crippen MR) is 111 cm³/mol. The van der Waals surface area contributed by atoms with Crippen LogP contribution in [0.1, 0.15) is 31.4 Å². The van der Waals surface area contributed by atoms with Crippen LogP contribution in [0, 0.1) is 11.3 Å². The van der Waals surface area contributed by atoms with E-state index in [0.717, 1.165) is 12.2 Å². The third-order valence-electron chi connectivity index (χ3n) is 4.27. The molecule has 1 aliphatic heterocycles. The number of ether oxygens (including phenoxy) is 2. The summed E-state index contributed by atoms with van der Waals surface area (Å²) in [4.78, 5) is 17.0. The fraction of sp³-hybridized carbons (Fsp3) is 0.190. The molecule has 0 radical (unpaired) electrons. The molecule has 1 aromatic carbocycles. The van der Waals surface area contributed by atoms with Gasteiger partial charge in [0.25, 0.3) is 5.91 Å². The Bertz CT molecular complexity index is 1110. The zero-order chi connectivity index (χ0) is 21.8. The Labute approximate surface area is 177 Å². The van der Waals surface area contributed by atoms with E-state index >= 15 is 0 Å². The van der Waals surface area contributed by atoms with Crippen LogP contribution in [0.3, 0.4) is 0 Å². The Balaban J connectivity index is 1.83. The van der Waals surface area contributed by atoms with Gasteiger partial charge < -0.3 is 14.8 Å². The number of hydrogen-bond donors (Lipinski definition) is 2. The molecule has 1 heterocycles. The van der Waals surface area contributed by atoms with E-state index in [9.17, 15) is 18.8 Å². The van der Waals surface area contributed by atoms with Crippen LogP contribution in [-0.2, 0) is 4.79 Å². The monoisotopic (exact) mass is 429 g/mol. The van der Waals surface area contributed by atoms with Crippen molar-refractivity contribution in [2.24, 2.45) is 4.99 Å². The molecular formula is C21H17F2N3O3S. The van der Waals surface area contributed by atoms with Gasteiger partial charge in [-0.3, -0.25) is 4.79 Å². The van der Waals surface area contributed by atoms with Crippen molar-refractivity contribution in [3.63, 3.8) is 0 Å². The predicted octanol–water partition coefficient (Wildman–Crippen LogP) is 4.48. The first-order valence-corrected chi connectivity index (χ1v) is 9.27. The number of aliphatic imine (C=N–C) groups is 1. The summed E-state index contributed by atoms with van der Waals surface area (Å²) in [7, 11) is 0. The largest absolute Gasteiger partial charge is 0.454 e. The maximum atomic E-state index is 14.0. The summed E-state index contributed by atoms with van der Waals surface area (Å²) in [5, 5.41) is 11.8. The third-order valence-corrected chi connectivity index (χ3v) is 4.85. The van der Waals surface area contributed by atoms with Crippen LogP contribution in [0.5, 0.6) is 11.5 Å². The molecule has 0 bridgehead atoms. The Morgan fingerprint density at radius 2 is 2.07 bits per heavy atom. The summed E-state index contributed by atoms with van der Waals surface area (Å²) in [6.45, 7) is 3.20. The van der Waals surface area contributed by atoms with Crippen LogP contribution < -0.4 is 14.8 Å². The van der Waals surface area contributed by atoms with Crippen LogP contribution in [0.15, 0.2) is 58.3 Å². The molecule has 0 aromatic heterocycles. The fourth-order valence-electron chi connectivity index (χ4n) is 2.85. The molecule has 3 rings (SSSR count). The van der Waals surface area contributed by atoms with Gasteiger partial charge in [-0.1, -0.05) is 6.08 Å². The molecule has 0 saturated heterocycles. The maximum absolute atomic E-state index is 14.0. The molecular weight excluding hydrogens is 412 g/mol. The number of allylic oxidation sites excluding steroid dienone is 6. The summed E-state index contributed by atoms with van der Waals surface area (Å²) < 4.78 is 38.2. The number of carbonyl (C=O) groups excluding carboxylic acids is 1. The van der Waals surface area contributed by atoms with Gasteiger partial charge in [0.05, 0.1) is 16.8 Å². The number of amidine groups is 1. The van der Waals surface area contributed by atoms with E-state index in [4.69, 9.17) is 9.47 Å². The summed E-state index contributed by atoms with van der Waals surface area (Å²) in [6.07, 6.45) is 2.88. The van der Waals surface area contributed by atoms with E-state index in [2.05, 4.69) is 22.9 Å². The van der Waals surface area contributed by atoms with Crippen molar-refractivity contribution < 1.29 is 23.0 Å². The molecule has 9 heteroatoms. The first-order chi connectivity index (χ1) is 14.3. The first kappa shape index (κ1) is 21.3. The van der Waals surface area contributed by atoms with Crippen molar-refractivity contribution in [2.75, 3.05) is 6.79 Å². The summed E-state index contributed by atoms with van der Waals surface area (Å²) in [5.41, 5.74) is 0.982. The van der Waals surface area contributed by atoms with Gasteiger partial charge in [0.1, 0.15) is 23.6 Å². The quantitative estimate of drug-likeness (QED) is 0.422. The lowest BCUT2D eigenvalue weighted by molar-refractivity contribution is -0.116. The van der Waals surface area contributed by atoms with Crippen molar-refractivity contribution in [1.82, 2.24) is 5.32 Å². The number of amides is 1. The smallest absolute Gasteiger partial charge is 0.255 e. The van der Waals surface area contributed by atoms with Gasteiger partial charge in [0.15, 0.2) is 11.5 Å². The van der Waals surface area contributed by atoms with Crippen molar-refractivity contribution in [3.8, 4) is 17.6 Å². The van der Waals surface area contributed by atoms with E-state index in [1.165, 1.54) is 13.0 Å². The molecule has 1 aliphatic carbocycles. The topological polar surface area (TPSA) is 83.7 Å². The van der Waals surface area contributed by atoms with Gasteiger partial charge in [-0.25, -0.2) is 13.8 Å². The molecule has 0 atom stereocenters. The van der Waals surface area contributed by atoms with Crippen molar-refractivity contribution in [3.05, 3.63) is 64.4 Å². The van der Waals surface area contributed by atoms with E-state index in [-0.39, 0.29) is 18.2 Å². The van der Waals surface area contributed by atoms with Crippen molar-refractivity contribution in [1.29, 1.82) is 5.26 Å². The molecule has 30 heavy (non-hydrogen) atoms. The molecule has 0 unspecified atom stereocenters. The lowest BCUT2D eigenvalue weighted by atomic mass is 10.1. The van der Waals surface area contributed by atoms with Crippen LogP contribution in [0.2, 0.25) is 0 Å².